The number of halogens is 2. The van der Waals surface area contributed by atoms with Crippen LogP contribution in [0, 0.1) is 0 Å². The van der Waals surface area contributed by atoms with Gasteiger partial charge in [-0.15, -0.1) is 0 Å². The lowest BCUT2D eigenvalue weighted by atomic mass is 10.2. The topological polar surface area (TPSA) is 96.5 Å². The van der Waals surface area contributed by atoms with Crippen LogP contribution >= 0.6 is 23.2 Å². The van der Waals surface area contributed by atoms with Crippen LogP contribution in [-0.4, -0.2) is 24.8 Å². The first-order valence-electron chi connectivity index (χ1n) is 8.53. The first kappa shape index (κ1) is 22.3. The van der Waals surface area contributed by atoms with Crippen molar-refractivity contribution in [2.45, 2.75) is 12.8 Å². The van der Waals surface area contributed by atoms with Crippen molar-refractivity contribution in [1.82, 2.24) is 10.9 Å². The number of methoxy groups -OCH3 is 1. The van der Waals surface area contributed by atoms with E-state index in [1.54, 1.807) is 49.6 Å². The number of anilines is 1. The zero-order valence-corrected chi connectivity index (χ0v) is 17.0. The minimum absolute atomic E-state index is 0.0810. The third-order valence-electron chi connectivity index (χ3n) is 3.65. The van der Waals surface area contributed by atoms with Crippen molar-refractivity contribution >= 4 is 52.7 Å². The summed E-state index contributed by atoms with van der Waals surface area (Å²) < 4.78 is 5.05. The van der Waals surface area contributed by atoms with E-state index >= 15 is 0 Å². The molecule has 0 atom stereocenters. The van der Waals surface area contributed by atoms with Gasteiger partial charge in [-0.3, -0.25) is 25.2 Å². The molecule has 0 aromatic heterocycles. The Morgan fingerprint density at radius 2 is 1.66 bits per heavy atom. The van der Waals surface area contributed by atoms with Crippen molar-refractivity contribution in [3.63, 3.8) is 0 Å². The van der Waals surface area contributed by atoms with Crippen LogP contribution in [0.15, 0.2) is 48.5 Å². The van der Waals surface area contributed by atoms with Gasteiger partial charge in [0.1, 0.15) is 5.75 Å². The molecule has 2 aromatic rings. The Balaban J connectivity index is 1.70. The normalized spacial score (nSPS) is 10.4. The maximum absolute atomic E-state index is 11.9. The second-order valence-corrected chi connectivity index (χ2v) is 6.66. The molecule has 0 heterocycles. The van der Waals surface area contributed by atoms with Gasteiger partial charge in [-0.2, -0.15) is 0 Å². The Labute approximate surface area is 178 Å². The van der Waals surface area contributed by atoms with Crippen LogP contribution in [0.3, 0.4) is 0 Å². The Morgan fingerprint density at radius 1 is 0.966 bits per heavy atom. The lowest BCUT2D eigenvalue weighted by Gasteiger charge is -2.08. The lowest BCUT2D eigenvalue weighted by Crippen LogP contribution is -2.41. The largest absolute Gasteiger partial charge is 0.497 e. The molecule has 9 heteroatoms. The van der Waals surface area contributed by atoms with Gasteiger partial charge in [0.25, 0.3) is 5.91 Å². The maximum atomic E-state index is 11.9. The molecule has 0 radical (unpaired) electrons. The Bertz CT molecular complexity index is 914. The van der Waals surface area contributed by atoms with E-state index in [0.29, 0.717) is 21.5 Å². The summed E-state index contributed by atoms with van der Waals surface area (Å²) in [6.07, 6.45) is 2.67. The van der Waals surface area contributed by atoms with Gasteiger partial charge in [-0.05, 0) is 42.0 Å². The van der Waals surface area contributed by atoms with Crippen molar-refractivity contribution in [1.29, 1.82) is 0 Å². The van der Waals surface area contributed by atoms with Crippen LogP contribution in [0.5, 0.6) is 5.75 Å². The molecular formula is C20H19Cl2N3O4. The van der Waals surface area contributed by atoms with E-state index in [4.69, 9.17) is 27.9 Å². The van der Waals surface area contributed by atoms with E-state index in [2.05, 4.69) is 16.2 Å². The monoisotopic (exact) mass is 435 g/mol. The van der Waals surface area contributed by atoms with Crippen LogP contribution in [0.4, 0.5) is 5.69 Å². The zero-order valence-electron chi connectivity index (χ0n) is 15.5. The van der Waals surface area contributed by atoms with Gasteiger partial charge in [-0.1, -0.05) is 35.3 Å². The van der Waals surface area contributed by atoms with E-state index < -0.39 is 17.7 Å². The molecule has 0 fully saturated rings. The molecule has 0 aliphatic rings. The summed E-state index contributed by atoms with van der Waals surface area (Å²) >= 11 is 11.8. The van der Waals surface area contributed by atoms with Gasteiger partial charge in [0.2, 0.25) is 11.8 Å². The fourth-order valence-electron chi connectivity index (χ4n) is 2.15. The first-order chi connectivity index (χ1) is 13.9. The van der Waals surface area contributed by atoms with Crippen molar-refractivity contribution < 1.29 is 19.1 Å². The highest BCUT2D eigenvalue weighted by molar-refractivity contribution is 6.36. The number of nitrogens with one attached hydrogen (secondary N) is 3. The van der Waals surface area contributed by atoms with E-state index in [1.165, 1.54) is 12.1 Å². The third-order valence-corrected chi connectivity index (χ3v) is 4.20. The third kappa shape index (κ3) is 7.85. The first-order valence-corrected chi connectivity index (χ1v) is 9.29. The number of hydrogen-bond acceptors (Lipinski definition) is 4. The summed E-state index contributed by atoms with van der Waals surface area (Å²) in [5, 5.41) is 3.33. The van der Waals surface area contributed by atoms with Gasteiger partial charge in [-0.25, -0.2) is 0 Å². The Morgan fingerprint density at radius 3 is 2.31 bits per heavy atom. The van der Waals surface area contributed by atoms with Gasteiger partial charge in [0, 0.05) is 23.9 Å². The molecule has 0 unspecified atom stereocenters. The SMILES string of the molecule is COc1ccc(C=CC(=O)NNC(=O)CCC(=O)Nc2ccc(Cl)cc2Cl)cc1. The molecule has 0 aliphatic carbocycles. The number of benzene rings is 2. The predicted octanol–water partition coefficient (Wildman–Crippen LogP) is 3.58. The van der Waals surface area contributed by atoms with Crippen LogP contribution in [0.25, 0.3) is 6.08 Å². The molecule has 0 saturated carbocycles. The Kier molecular flexibility index (Phi) is 8.51. The molecule has 3 N–H and O–H groups in total. The predicted molar refractivity (Wildman–Crippen MR) is 113 cm³/mol. The second-order valence-electron chi connectivity index (χ2n) is 5.82. The summed E-state index contributed by atoms with van der Waals surface area (Å²) in [5.74, 6) is -0.698. The summed E-state index contributed by atoms with van der Waals surface area (Å²) in [7, 11) is 1.57. The average Bonchev–Trinajstić information content (AvgIpc) is 2.71. The minimum atomic E-state index is -0.508. The van der Waals surface area contributed by atoms with Gasteiger partial charge >= 0.3 is 0 Å². The summed E-state index contributed by atoms with van der Waals surface area (Å²) in [4.78, 5) is 35.4. The smallest absolute Gasteiger partial charge is 0.262 e. The van der Waals surface area contributed by atoms with Crippen molar-refractivity contribution in [3.8, 4) is 5.75 Å². The molecule has 0 saturated heterocycles. The minimum Gasteiger partial charge on any atom is -0.497 e. The van der Waals surface area contributed by atoms with E-state index in [9.17, 15) is 14.4 Å². The standard InChI is InChI=1S/C20H19Cl2N3O4/c1-29-15-6-2-13(3-7-15)4-9-19(27)24-25-20(28)11-10-18(26)23-17-8-5-14(21)12-16(17)22/h2-9,12H,10-11H2,1H3,(H,23,26)(H,24,27)(H,25,28). The van der Waals surface area contributed by atoms with E-state index in [-0.39, 0.29) is 12.8 Å². The quantitative estimate of drug-likeness (QED) is 0.457. The van der Waals surface area contributed by atoms with E-state index in [0.717, 1.165) is 5.56 Å². The molecule has 0 aliphatic heterocycles. The summed E-state index contributed by atoms with van der Waals surface area (Å²) in [6.45, 7) is 0. The number of amides is 3. The number of carbonyl (C=O) groups excluding carboxylic acids is 3. The van der Waals surface area contributed by atoms with Gasteiger partial charge < -0.3 is 10.1 Å². The molecule has 2 rings (SSSR count). The van der Waals surface area contributed by atoms with Crippen molar-refractivity contribution in [2.75, 3.05) is 12.4 Å². The van der Waals surface area contributed by atoms with Gasteiger partial charge in [0.05, 0.1) is 17.8 Å². The number of carbonyl (C=O) groups is 3. The van der Waals surface area contributed by atoms with E-state index in [1.807, 2.05) is 0 Å². The maximum Gasteiger partial charge on any atom is 0.262 e. The molecule has 0 spiro atoms. The number of ether oxygens (including phenoxy) is 1. The van der Waals surface area contributed by atoms with Crippen LogP contribution in [0.2, 0.25) is 10.0 Å². The van der Waals surface area contributed by atoms with Gasteiger partial charge in [0.15, 0.2) is 0 Å². The fraction of sp³-hybridized carbons (Fsp3) is 0.150. The fourth-order valence-corrected chi connectivity index (χ4v) is 2.61. The van der Waals surface area contributed by atoms with Crippen LogP contribution in [0.1, 0.15) is 18.4 Å². The molecular weight excluding hydrogens is 417 g/mol. The van der Waals surface area contributed by atoms with Crippen molar-refractivity contribution in [3.05, 3.63) is 64.1 Å². The van der Waals surface area contributed by atoms with Crippen LogP contribution < -0.4 is 20.9 Å². The molecule has 29 heavy (non-hydrogen) atoms. The molecule has 7 nitrogen and oxygen atoms in total. The highest BCUT2D eigenvalue weighted by Crippen LogP contribution is 2.25. The number of hydrazine groups is 1. The van der Waals surface area contributed by atoms with Crippen molar-refractivity contribution in [2.24, 2.45) is 0 Å². The molecule has 0 bridgehead atoms. The number of rotatable bonds is 7. The second kappa shape index (κ2) is 11.1. The molecule has 3 amide bonds. The summed E-state index contributed by atoms with van der Waals surface area (Å²) in [5.41, 5.74) is 5.69. The Hall–Kier alpha value is -3.03. The molecule has 152 valence electrons. The lowest BCUT2D eigenvalue weighted by molar-refractivity contribution is -0.128. The average molecular weight is 436 g/mol. The summed E-state index contributed by atoms with van der Waals surface area (Å²) in [6, 6.07) is 11.8. The van der Waals surface area contributed by atoms with Crippen LogP contribution in [-0.2, 0) is 14.4 Å². The molecule has 2 aromatic carbocycles. The highest BCUT2D eigenvalue weighted by atomic mass is 35.5. The highest BCUT2D eigenvalue weighted by Gasteiger charge is 2.10. The zero-order chi connectivity index (χ0) is 21.2. The number of hydrogen-bond donors (Lipinski definition) is 3.